The van der Waals surface area contributed by atoms with E-state index in [9.17, 15) is 8.42 Å². The molecule has 0 aliphatic heterocycles. The van der Waals surface area contributed by atoms with E-state index >= 15 is 0 Å². The largest absolute Gasteiger partial charge is 0.392 e. The summed E-state index contributed by atoms with van der Waals surface area (Å²) in [6, 6.07) is 9.86. The van der Waals surface area contributed by atoms with E-state index in [-0.39, 0.29) is 10.8 Å². The Labute approximate surface area is 117 Å². The lowest BCUT2D eigenvalue weighted by Gasteiger charge is -2.07. The number of rotatable bonds is 4. The summed E-state index contributed by atoms with van der Waals surface area (Å²) >= 11 is 4.37. The van der Waals surface area contributed by atoms with Crippen LogP contribution in [-0.2, 0) is 16.6 Å². The normalized spacial score (nSPS) is 11.4. The average Bonchev–Trinajstić information content (AvgIpc) is 2.76. The third-order valence-corrected chi connectivity index (χ3v) is 5.67. The van der Waals surface area contributed by atoms with E-state index in [1.165, 1.54) is 6.07 Å². The molecule has 96 valence electrons. The molecule has 0 aliphatic rings. The topological polar surface area (TPSA) is 66.4 Å². The molecule has 0 bridgehead atoms. The monoisotopic (exact) mass is 347 g/mol. The fourth-order valence-electron chi connectivity index (χ4n) is 1.38. The summed E-state index contributed by atoms with van der Waals surface area (Å²) in [4.78, 5) is 0. The Hall–Kier alpha value is -0.890. The Bertz CT molecular complexity index is 652. The maximum atomic E-state index is 12.0. The Balaban J connectivity index is 2.27. The number of aliphatic hydroxyl groups is 1. The molecule has 2 rings (SSSR count). The number of nitrogens with one attached hydrogen (secondary N) is 1. The first-order chi connectivity index (χ1) is 8.51. The average molecular weight is 348 g/mol. The molecule has 2 N–H and O–H groups in total. The molecule has 18 heavy (non-hydrogen) atoms. The number of aliphatic hydroxyl groups excluding tert-OH is 1. The molecule has 0 amide bonds. The molecule has 1 aromatic heterocycles. The first-order valence-corrected chi connectivity index (χ1v) is 8.08. The highest BCUT2D eigenvalue weighted by Gasteiger charge is 2.16. The number of benzene rings is 1. The quantitative estimate of drug-likeness (QED) is 0.893. The zero-order chi connectivity index (χ0) is 13.2. The van der Waals surface area contributed by atoms with Gasteiger partial charge >= 0.3 is 0 Å². The van der Waals surface area contributed by atoms with Crippen molar-refractivity contribution < 1.29 is 13.5 Å². The van der Waals surface area contributed by atoms with Crippen LogP contribution in [0.4, 0.5) is 5.69 Å². The smallest absolute Gasteiger partial charge is 0.271 e. The molecular weight excluding hydrogens is 338 g/mol. The van der Waals surface area contributed by atoms with Crippen molar-refractivity contribution in [1.82, 2.24) is 0 Å². The highest BCUT2D eigenvalue weighted by atomic mass is 79.9. The van der Waals surface area contributed by atoms with Gasteiger partial charge in [0.1, 0.15) is 4.21 Å². The van der Waals surface area contributed by atoms with Gasteiger partial charge in [0.05, 0.1) is 10.4 Å². The number of hydrogen-bond acceptors (Lipinski definition) is 4. The van der Waals surface area contributed by atoms with Crippen LogP contribution in [0.25, 0.3) is 0 Å². The van der Waals surface area contributed by atoms with Crippen molar-refractivity contribution in [2.75, 3.05) is 4.72 Å². The summed E-state index contributed by atoms with van der Waals surface area (Å²) in [5, 5.41) is 9.00. The lowest BCUT2D eigenvalue weighted by molar-refractivity contribution is 0.282. The van der Waals surface area contributed by atoms with E-state index in [0.29, 0.717) is 11.3 Å². The van der Waals surface area contributed by atoms with Crippen LogP contribution in [0.1, 0.15) is 5.56 Å². The molecule has 7 heteroatoms. The minimum atomic E-state index is -3.56. The van der Waals surface area contributed by atoms with Crippen LogP contribution < -0.4 is 4.72 Å². The second kappa shape index (κ2) is 5.40. The summed E-state index contributed by atoms with van der Waals surface area (Å²) in [6.07, 6.45) is 0. The molecule has 4 nitrogen and oxygen atoms in total. The number of hydrogen-bond donors (Lipinski definition) is 2. The summed E-state index contributed by atoms with van der Waals surface area (Å²) in [7, 11) is -3.56. The van der Waals surface area contributed by atoms with Gasteiger partial charge in [-0.1, -0.05) is 12.1 Å². The minimum Gasteiger partial charge on any atom is -0.392 e. The van der Waals surface area contributed by atoms with Gasteiger partial charge in [0, 0.05) is 5.69 Å². The van der Waals surface area contributed by atoms with Crippen molar-refractivity contribution in [3.8, 4) is 0 Å². The first kappa shape index (κ1) is 13.5. The third-order valence-electron chi connectivity index (χ3n) is 2.18. The lowest BCUT2D eigenvalue weighted by atomic mass is 10.2. The molecule has 0 spiro atoms. The van der Waals surface area contributed by atoms with Crippen molar-refractivity contribution >= 4 is 43.0 Å². The van der Waals surface area contributed by atoms with E-state index in [2.05, 4.69) is 20.7 Å². The summed E-state index contributed by atoms with van der Waals surface area (Å²) in [5.74, 6) is 0. The van der Waals surface area contributed by atoms with Gasteiger partial charge in [-0.3, -0.25) is 4.72 Å². The van der Waals surface area contributed by atoms with Crippen molar-refractivity contribution in [3.05, 3.63) is 45.7 Å². The number of sulfonamides is 1. The molecule has 1 aromatic carbocycles. The van der Waals surface area contributed by atoms with Crippen LogP contribution in [0.2, 0.25) is 0 Å². The Morgan fingerprint density at radius 3 is 2.67 bits per heavy atom. The Morgan fingerprint density at radius 2 is 2.06 bits per heavy atom. The Morgan fingerprint density at radius 1 is 1.28 bits per heavy atom. The molecule has 0 atom stereocenters. The molecule has 0 saturated heterocycles. The van der Waals surface area contributed by atoms with Crippen LogP contribution in [0.5, 0.6) is 0 Å². The molecule has 0 unspecified atom stereocenters. The van der Waals surface area contributed by atoms with E-state index in [1.807, 2.05) is 0 Å². The van der Waals surface area contributed by atoms with Crippen LogP contribution in [-0.4, -0.2) is 13.5 Å². The van der Waals surface area contributed by atoms with Gasteiger partial charge in [0.25, 0.3) is 10.0 Å². The van der Waals surface area contributed by atoms with Gasteiger partial charge in [-0.05, 0) is 45.8 Å². The van der Waals surface area contributed by atoms with E-state index in [4.69, 9.17) is 5.11 Å². The highest BCUT2D eigenvalue weighted by molar-refractivity contribution is 9.11. The van der Waals surface area contributed by atoms with Gasteiger partial charge in [0.2, 0.25) is 0 Å². The van der Waals surface area contributed by atoms with Gasteiger partial charge in [-0.15, -0.1) is 11.3 Å². The third kappa shape index (κ3) is 3.11. The fourth-order valence-corrected chi connectivity index (χ4v) is 4.44. The van der Waals surface area contributed by atoms with Crippen LogP contribution >= 0.6 is 27.3 Å². The lowest BCUT2D eigenvalue weighted by Crippen LogP contribution is -2.11. The molecule has 0 radical (unpaired) electrons. The van der Waals surface area contributed by atoms with Crippen molar-refractivity contribution in [1.29, 1.82) is 0 Å². The second-order valence-corrected chi connectivity index (χ2v) is 7.89. The minimum absolute atomic E-state index is 0.125. The van der Waals surface area contributed by atoms with E-state index in [1.54, 1.807) is 30.3 Å². The molecule has 0 aliphatic carbocycles. The van der Waals surface area contributed by atoms with Crippen LogP contribution in [0, 0.1) is 0 Å². The molecule has 1 heterocycles. The summed E-state index contributed by atoms with van der Waals surface area (Å²) in [6.45, 7) is -0.125. The van der Waals surface area contributed by atoms with Crippen LogP contribution in [0.15, 0.2) is 44.4 Å². The van der Waals surface area contributed by atoms with Crippen molar-refractivity contribution in [2.24, 2.45) is 0 Å². The molecule has 0 saturated carbocycles. The van der Waals surface area contributed by atoms with Crippen molar-refractivity contribution in [3.63, 3.8) is 0 Å². The number of anilines is 1. The van der Waals surface area contributed by atoms with Crippen LogP contribution in [0.3, 0.4) is 0 Å². The molecular formula is C11H10BrNO3S2. The molecule has 2 aromatic rings. The fraction of sp³-hybridized carbons (Fsp3) is 0.0909. The predicted octanol–water partition coefficient (Wildman–Crippen LogP) is 2.80. The predicted molar refractivity (Wildman–Crippen MR) is 75.2 cm³/mol. The van der Waals surface area contributed by atoms with Gasteiger partial charge < -0.3 is 5.11 Å². The zero-order valence-electron chi connectivity index (χ0n) is 9.13. The van der Waals surface area contributed by atoms with Gasteiger partial charge in [0.15, 0.2) is 0 Å². The van der Waals surface area contributed by atoms with Gasteiger partial charge in [-0.25, -0.2) is 8.42 Å². The Kier molecular flexibility index (Phi) is 4.06. The van der Waals surface area contributed by atoms with E-state index < -0.39 is 10.0 Å². The number of halogens is 1. The molecule has 0 fully saturated rings. The van der Waals surface area contributed by atoms with E-state index in [0.717, 1.165) is 15.1 Å². The summed E-state index contributed by atoms with van der Waals surface area (Å²) < 4.78 is 27.5. The SMILES string of the molecule is O=S(=O)(Nc1cccc(CO)c1)c1ccc(Br)s1. The highest BCUT2D eigenvalue weighted by Crippen LogP contribution is 2.27. The maximum Gasteiger partial charge on any atom is 0.271 e. The zero-order valence-corrected chi connectivity index (χ0v) is 12.3. The first-order valence-electron chi connectivity index (χ1n) is 4.99. The second-order valence-electron chi connectivity index (χ2n) is 3.52. The van der Waals surface area contributed by atoms with Gasteiger partial charge in [-0.2, -0.15) is 0 Å². The summed E-state index contributed by atoms with van der Waals surface area (Å²) in [5.41, 5.74) is 1.09. The maximum absolute atomic E-state index is 12.0. The van der Waals surface area contributed by atoms with Crippen molar-refractivity contribution in [2.45, 2.75) is 10.8 Å². The number of thiophene rings is 1. The standard InChI is InChI=1S/C11H10BrNO3S2/c12-10-4-5-11(17-10)18(15,16)13-9-3-1-2-8(6-9)7-14/h1-6,13-14H,7H2.